The fourth-order valence-electron chi connectivity index (χ4n) is 1.84. The van der Waals surface area contributed by atoms with E-state index in [0.29, 0.717) is 6.61 Å². The van der Waals surface area contributed by atoms with Crippen molar-refractivity contribution in [3.63, 3.8) is 0 Å². The Morgan fingerprint density at radius 3 is 2.35 bits per heavy atom. The second kappa shape index (κ2) is 6.62. The monoisotopic (exact) mass is 237 g/mol. The Morgan fingerprint density at radius 1 is 1.29 bits per heavy atom. The lowest BCUT2D eigenvalue weighted by Crippen LogP contribution is -2.15. The zero-order valence-corrected chi connectivity index (χ0v) is 11.2. The van der Waals surface area contributed by atoms with Crippen molar-refractivity contribution >= 4 is 0 Å². The Balaban J connectivity index is 2.79. The van der Waals surface area contributed by atoms with Gasteiger partial charge in [0.25, 0.3) is 0 Å². The Hall–Kier alpha value is -1.06. The number of aliphatic hydroxyl groups excluding tert-OH is 1. The normalized spacial score (nSPS) is 12.5. The number of aliphatic hydroxyl groups is 1. The summed E-state index contributed by atoms with van der Waals surface area (Å²) in [5.41, 5.74) is 3.52. The summed E-state index contributed by atoms with van der Waals surface area (Å²) in [6, 6.07) is 4.26. The molecule has 0 aliphatic carbocycles. The highest BCUT2D eigenvalue weighted by Crippen LogP contribution is 2.25. The minimum absolute atomic E-state index is 0.342. The van der Waals surface area contributed by atoms with E-state index < -0.39 is 6.10 Å². The fourth-order valence-corrected chi connectivity index (χ4v) is 1.84. The predicted octanol–water partition coefficient (Wildman–Crippen LogP) is 2.17. The number of hydrogen-bond acceptors (Lipinski definition) is 3. The van der Waals surface area contributed by atoms with E-state index in [-0.39, 0.29) is 0 Å². The van der Waals surface area contributed by atoms with Crippen molar-refractivity contribution in [2.45, 2.75) is 40.3 Å². The van der Waals surface area contributed by atoms with E-state index in [9.17, 15) is 5.11 Å². The molecule has 2 N–H and O–H groups in total. The van der Waals surface area contributed by atoms with Gasteiger partial charge in [0.05, 0.1) is 6.10 Å². The lowest BCUT2D eigenvalue weighted by atomic mass is 10.1. The standard InChI is InChI=1S/C14H23NO2/c1-5-15-8-13-6-10(2)14(11(3)7-13)17-9-12(4)16/h6-7,12,15-16H,5,8-9H2,1-4H3. The quantitative estimate of drug-likeness (QED) is 0.796. The van der Waals surface area contributed by atoms with Crippen LogP contribution in [0.3, 0.4) is 0 Å². The molecule has 0 heterocycles. The summed E-state index contributed by atoms with van der Waals surface area (Å²) in [6.07, 6.45) is -0.435. The van der Waals surface area contributed by atoms with Crippen LogP contribution in [0.5, 0.6) is 5.75 Å². The van der Waals surface area contributed by atoms with Gasteiger partial charge < -0.3 is 15.2 Å². The van der Waals surface area contributed by atoms with Crippen molar-refractivity contribution in [1.82, 2.24) is 5.32 Å². The van der Waals surface area contributed by atoms with Crippen LogP contribution in [-0.2, 0) is 6.54 Å². The highest BCUT2D eigenvalue weighted by atomic mass is 16.5. The van der Waals surface area contributed by atoms with Crippen molar-refractivity contribution in [2.24, 2.45) is 0 Å². The minimum atomic E-state index is -0.435. The summed E-state index contributed by atoms with van der Waals surface area (Å²) in [6.45, 7) is 10.1. The van der Waals surface area contributed by atoms with E-state index in [1.807, 2.05) is 13.8 Å². The van der Waals surface area contributed by atoms with Crippen LogP contribution in [0.2, 0.25) is 0 Å². The van der Waals surface area contributed by atoms with Gasteiger partial charge >= 0.3 is 0 Å². The van der Waals surface area contributed by atoms with Crippen molar-refractivity contribution in [3.8, 4) is 5.75 Å². The number of aryl methyl sites for hydroxylation is 2. The zero-order chi connectivity index (χ0) is 12.8. The largest absolute Gasteiger partial charge is 0.490 e. The molecule has 1 unspecified atom stereocenters. The van der Waals surface area contributed by atoms with Crippen LogP contribution in [0.1, 0.15) is 30.5 Å². The second-order valence-corrected chi connectivity index (χ2v) is 4.50. The van der Waals surface area contributed by atoms with E-state index in [1.165, 1.54) is 5.56 Å². The third-order valence-corrected chi connectivity index (χ3v) is 2.57. The molecule has 3 heteroatoms. The maximum atomic E-state index is 9.23. The van der Waals surface area contributed by atoms with Gasteiger partial charge in [-0.3, -0.25) is 0 Å². The van der Waals surface area contributed by atoms with E-state index in [1.54, 1.807) is 6.92 Å². The third kappa shape index (κ3) is 4.36. The summed E-state index contributed by atoms with van der Waals surface area (Å²) >= 11 is 0. The molecular weight excluding hydrogens is 214 g/mol. The lowest BCUT2D eigenvalue weighted by Gasteiger charge is -2.15. The van der Waals surface area contributed by atoms with Gasteiger partial charge in [-0.2, -0.15) is 0 Å². The van der Waals surface area contributed by atoms with Gasteiger partial charge in [-0.1, -0.05) is 19.1 Å². The maximum absolute atomic E-state index is 9.23. The zero-order valence-electron chi connectivity index (χ0n) is 11.2. The van der Waals surface area contributed by atoms with Crippen molar-refractivity contribution < 1.29 is 9.84 Å². The first-order valence-corrected chi connectivity index (χ1v) is 6.16. The number of rotatable bonds is 6. The first kappa shape index (κ1) is 14.0. The SMILES string of the molecule is CCNCc1cc(C)c(OCC(C)O)c(C)c1. The first-order chi connectivity index (χ1) is 8.04. The van der Waals surface area contributed by atoms with Crippen LogP contribution in [0.25, 0.3) is 0 Å². The molecular formula is C14H23NO2. The summed E-state index contributed by atoms with van der Waals surface area (Å²) in [5, 5.41) is 12.5. The molecule has 1 aromatic carbocycles. The van der Waals surface area contributed by atoms with Crippen LogP contribution in [-0.4, -0.2) is 24.4 Å². The Morgan fingerprint density at radius 2 is 1.88 bits per heavy atom. The molecule has 17 heavy (non-hydrogen) atoms. The molecule has 1 atom stereocenters. The van der Waals surface area contributed by atoms with Gasteiger partial charge in [-0.25, -0.2) is 0 Å². The molecule has 0 spiro atoms. The van der Waals surface area contributed by atoms with E-state index in [2.05, 4.69) is 24.4 Å². The number of hydrogen-bond donors (Lipinski definition) is 2. The number of benzene rings is 1. The molecule has 0 bridgehead atoms. The van der Waals surface area contributed by atoms with E-state index >= 15 is 0 Å². The van der Waals surface area contributed by atoms with Gasteiger partial charge in [-0.05, 0) is 44.0 Å². The highest BCUT2D eigenvalue weighted by Gasteiger charge is 2.07. The molecule has 0 aromatic heterocycles. The third-order valence-electron chi connectivity index (χ3n) is 2.57. The van der Waals surface area contributed by atoms with Gasteiger partial charge in [0, 0.05) is 6.54 Å². The summed E-state index contributed by atoms with van der Waals surface area (Å²) in [4.78, 5) is 0. The first-order valence-electron chi connectivity index (χ1n) is 6.16. The molecule has 96 valence electrons. The van der Waals surface area contributed by atoms with E-state index in [4.69, 9.17) is 4.74 Å². The molecule has 0 aliphatic heterocycles. The molecule has 0 radical (unpaired) electrons. The summed E-state index contributed by atoms with van der Waals surface area (Å²) < 4.78 is 5.62. The summed E-state index contributed by atoms with van der Waals surface area (Å²) in [7, 11) is 0. The Kier molecular flexibility index (Phi) is 5.45. The van der Waals surface area contributed by atoms with Gasteiger partial charge in [-0.15, -0.1) is 0 Å². The van der Waals surface area contributed by atoms with E-state index in [0.717, 1.165) is 30.0 Å². The molecule has 0 fully saturated rings. The van der Waals surface area contributed by atoms with Crippen LogP contribution < -0.4 is 10.1 Å². The van der Waals surface area contributed by atoms with Crippen LogP contribution in [0, 0.1) is 13.8 Å². The summed E-state index contributed by atoms with van der Waals surface area (Å²) in [5.74, 6) is 0.895. The van der Waals surface area contributed by atoms with Crippen LogP contribution in [0.15, 0.2) is 12.1 Å². The molecule has 0 aliphatic rings. The average molecular weight is 237 g/mol. The molecule has 0 saturated heterocycles. The molecule has 3 nitrogen and oxygen atoms in total. The minimum Gasteiger partial charge on any atom is -0.490 e. The molecule has 1 aromatic rings. The van der Waals surface area contributed by atoms with Gasteiger partial charge in [0.15, 0.2) is 0 Å². The predicted molar refractivity (Wildman–Crippen MR) is 70.5 cm³/mol. The van der Waals surface area contributed by atoms with Crippen molar-refractivity contribution in [1.29, 1.82) is 0 Å². The van der Waals surface area contributed by atoms with Crippen LogP contribution >= 0.6 is 0 Å². The Bertz CT molecular complexity index is 338. The van der Waals surface area contributed by atoms with Crippen molar-refractivity contribution in [2.75, 3.05) is 13.2 Å². The Labute approximate surface area is 104 Å². The van der Waals surface area contributed by atoms with Gasteiger partial charge in [0.2, 0.25) is 0 Å². The fraction of sp³-hybridized carbons (Fsp3) is 0.571. The molecule has 0 amide bonds. The maximum Gasteiger partial charge on any atom is 0.125 e. The molecule has 0 saturated carbocycles. The topological polar surface area (TPSA) is 41.5 Å². The van der Waals surface area contributed by atoms with Crippen LogP contribution in [0.4, 0.5) is 0 Å². The van der Waals surface area contributed by atoms with Crippen molar-refractivity contribution in [3.05, 3.63) is 28.8 Å². The lowest BCUT2D eigenvalue weighted by molar-refractivity contribution is 0.122. The average Bonchev–Trinajstić information content (AvgIpc) is 2.24. The van der Waals surface area contributed by atoms with Gasteiger partial charge in [0.1, 0.15) is 12.4 Å². The number of ether oxygens (including phenoxy) is 1. The second-order valence-electron chi connectivity index (χ2n) is 4.50. The molecule has 1 rings (SSSR count). The highest BCUT2D eigenvalue weighted by molar-refractivity contribution is 5.43. The smallest absolute Gasteiger partial charge is 0.125 e. The number of nitrogens with one attached hydrogen (secondary N) is 1.